The van der Waals surface area contributed by atoms with Gasteiger partial charge < -0.3 is 15.7 Å². The van der Waals surface area contributed by atoms with Gasteiger partial charge in [-0.2, -0.15) is 0 Å². The van der Waals surface area contributed by atoms with Crippen LogP contribution in [0.1, 0.15) is 15.9 Å². The highest BCUT2D eigenvalue weighted by molar-refractivity contribution is 5.99. The van der Waals surface area contributed by atoms with E-state index in [2.05, 4.69) is 0 Å². The van der Waals surface area contributed by atoms with Gasteiger partial charge in [0.15, 0.2) is 11.6 Å². The van der Waals surface area contributed by atoms with Gasteiger partial charge >= 0.3 is 0 Å². The summed E-state index contributed by atoms with van der Waals surface area (Å²) in [5, 5.41) is 9.38. The smallest absolute Gasteiger partial charge is 0.256 e. The lowest BCUT2D eigenvalue weighted by molar-refractivity contribution is 0.0785. The molecule has 6 heteroatoms. The summed E-state index contributed by atoms with van der Waals surface area (Å²) in [4.78, 5) is 13.5. The van der Waals surface area contributed by atoms with Crippen molar-refractivity contribution < 1.29 is 18.7 Å². The summed E-state index contributed by atoms with van der Waals surface area (Å²) >= 11 is 0. The van der Waals surface area contributed by atoms with Gasteiger partial charge in [0.05, 0.1) is 5.56 Å². The lowest BCUT2D eigenvalue weighted by atomic mass is 10.1. The van der Waals surface area contributed by atoms with Crippen LogP contribution < -0.4 is 5.73 Å². The minimum atomic E-state index is -1.13. The van der Waals surface area contributed by atoms with Gasteiger partial charge in [-0.15, -0.1) is 0 Å². The second-order valence-electron chi connectivity index (χ2n) is 4.68. The Morgan fingerprint density at radius 3 is 2.57 bits per heavy atom. The number of hydrogen-bond acceptors (Lipinski definition) is 3. The van der Waals surface area contributed by atoms with Crippen LogP contribution in [0.25, 0.3) is 0 Å². The number of halogens is 2. The Hall–Kier alpha value is -2.63. The summed E-state index contributed by atoms with van der Waals surface area (Å²) in [6.45, 7) is 0.200. The maximum absolute atomic E-state index is 13.2. The Labute approximate surface area is 120 Å². The van der Waals surface area contributed by atoms with Crippen molar-refractivity contribution >= 4 is 11.6 Å². The first-order chi connectivity index (χ1) is 9.88. The Kier molecular flexibility index (Phi) is 4.07. The highest BCUT2D eigenvalue weighted by atomic mass is 19.2. The topological polar surface area (TPSA) is 66.6 Å². The predicted octanol–water partition coefficient (Wildman–Crippen LogP) is 2.52. The van der Waals surface area contributed by atoms with E-state index in [-0.39, 0.29) is 23.5 Å². The van der Waals surface area contributed by atoms with Crippen LogP contribution in [0.2, 0.25) is 0 Å². The van der Waals surface area contributed by atoms with Crippen molar-refractivity contribution in [2.45, 2.75) is 6.54 Å². The molecular weight excluding hydrogens is 278 g/mol. The molecule has 0 radical (unpaired) electrons. The van der Waals surface area contributed by atoms with Crippen molar-refractivity contribution in [3.63, 3.8) is 0 Å². The maximum Gasteiger partial charge on any atom is 0.256 e. The molecule has 1 amide bonds. The largest absolute Gasteiger partial charge is 0.508 e. The average Bonchev–Trinajstić information content (AvgIpc) is 2.42. The lowest BCUT2D eigenvalue weighted by Gasteiger charge is -2.18. The summed E-state index contributed by atoms with van der Waals surface area (Å²) in [7, 11) is 1.51. The quantitative estimate of drug-likeness (QED) is 0.854. The number of phenols is 1. The molecule has 0 spiro atoms. The van der Waals surface area contributed by atoms with Crippen molar-refractivity contribution in [2.24, 2.45) is 0 Å². The molecule has 4 nitrogen and oxygen atoms in total. The van der Waals surface area contributed by atoms with Gasteiger partial charge in [-0.25, -0.2) is 8.78 Å². The van der Waals surface area contributed by atoms with E-state index in [0.717, 1.165) is 12.1 Å². The van der Waals surface area contributed by atoms with Crippen LogP contribution in [-0.2, 0) is 6.54 Å². The summed E-state index contributed by atoms with van der Waals surface area (Å²) in [6.07, 6.45) is 0. The molecule has 0 heterocycles. The Balaban J connectivity index is 2.22. The number of nitrogen functional groups attached to an aromatic ring is 1. The molecule has 0 aliphatic carbocycles. The van der Waals surface area contributed by atoms with Gasteiger partial charge in [0, 0.05) is 25.3 Å². The number of nitrogens with zero attached hydrogens (tertiary/aromatic N) is 1. The molecule has 0 saturated carbocycles. The van der Waals surface area contributed by atoms with Gasteiger partial charge in [0.25, 0.3) is 5.91 Å². The minimum absolute atomic E-state index is 0.0840. The summed E-state index contributed by atoms with van der Waals surface area (Å²) in [6, 6.07) is 7.97. The molecule has 110 valence electrons. The molecule has 0 aromatic heterocycles. The zero-order valence-electron chi connectivity index (χ0n) is 11.3. The first-order valence-corrected chi connectivity index (χ1v) is 6.16. The third kappa shape index (κ3) is 3.28. The van der Waals surface area contributed by atoms with Crippen molar-refractivity contribution in [3.05, 3.63) is 59.2 Å². The van der Waals surface area contributed by atoms with Crippen molar-refractivity contribution in [1.29, 1.82) is 0 Å². The highest BCUT2D eigenvalue weighted by Crippen LogP contribution is 2.20. The first kappa shape index (κ1) is 14.8. The minimum Gasteiger partial charge on any atom is -0.508 e. The number of rotatable bonds is 3. The summed E-state index contributed by atoms with van der Waals surface area (Å²) in [5.41, 5.74) is 6.03. The Bertz CT molecular complexity index is 689. The number of phenolic OH excluding ortho intramolecular Hbond substituents is 1. The van der Waals surface area contributed by atoms with E-state index in [1.807, 2.05) is 0 Å². The molecule has 0 aliphatic rings. The van der Waals surface area contributed by atoms with Crippen molar-refractivity contribution in [2.75, 3.05) is 12.8 Å². The van der Waals surface area contributed by atoms with E-state index in [4.69, 9.17) is 5.73 Å². The molecule has 2 aromatic rings. The van der Waals surface area contributed by atoms with E-state index in [9.17, 15) is 18.7 Å². The summed E-state index contributed by atoms with van der Waals surface area (Å²) in [5.74, 6) is -2.67. The fourth-order valence-corrected chi connectivity index (χ4v) is 1.95. The number of anilines is 1. The zero-order valence-corrected chi connectivity index (χ0v) is 11.3. The van der Waals surface area contributed by atoms with Crippen LogP contribution >= 0.6 is 0 Å². The molecule has 0 bridgehead atoms. The lowest BCUT2D eigenvalue weighted by Crippen LogP contribution is -2.27. The van der Waals surface area contributed by atoms with E-state index in [0.29, 0.717) is 5.56 Å². The molecule has 0 fully saturated rings. The van der Waals surface area contributed by atoms with Crippen LogP contribution in [0.4, 0.5) is 14.5 Å². The number of aromatic hydroxyl groups is 1. The number of benzene rings is 2. The van der Waals surface area contributed by atoms with Crippen LogP contribution in [0.15, 0.2) is 36.4 Å². The Morgan fingerprint density at radius 1 is 1.24 bits per heavy atom. The van der Waals surface area contributed by atoms with Gasteiger partial charge in [0.1, 0.15) is 5.75 Å². The highest BCUT2D eigenvalue weighted by Gasteiger charge is 2.18. The fourth-order valence-electron chi connectivity index (χ4n) is 1.95. The van der Waals surface area contributed by atoms with Crippen LogP contribution in [0.3, 0.4) is 0 Å². The van der Waals surface area contributed by atoms with Gasteiger partial charge in [-0.3, -0.25) is 4.79 Å². The van der Waals surface area contributed by atoms with Gasteiger partial charge in [0.2, 0.25) is 0 Å². The standard InChI is InChI=1S/C15H14F2N2O2/c1-19(8-9-3-2-4-10(20)5-9)15(21)11-6-12(16)13(17)7-14(11)18/h2-7,20H,8,18H2,1H3. The zero-order chi connectivity index (χ0) is 15.6. The van der Waals surface area contributed by atoms with Crippen LogP contribution in [0.5, 0.6) is 5.75 Å². The van der Waals surface area contributed by atoms with Crippen molar-refractivity contribution in [1.82, 2.24) is 4.90 Å². The molecule has 0 saturated heterocycles. The summed E-state index contributed by atoms with van der Waals surface area (Å²) < 4.78 is 26.2. The predicted molar refractivity (Wildman–Crippen MR) is 74.7 cm³/mol. The molecular formula is C15H14F2N2O2. The molecule has 0 unspecified atom stereocenters. The van der Waals surface area contributed by atoms with Gasteiger partial charge in [-0.05, 0) is 23.8 Å². The second-order valence-corrected chi connectivity index (χ2v) is 4.68. The number of amides is 1. The third-order valence-corrected chi connectivity index (χ3v) is 3.00. The number of carbonyl (C=O) groups excluding carboxylic acids is 1. The molecule has 0 aliphatic heterocycles. The monoisotopic (exact) mass is 292 g/mol. The van der Waals surface area contributed by atoms with E-state index in [1.54, 1.807) is 12.1 Å². The third-order valence-electron chi connectivity index (χ3n) is 3.00. The van der Waals surface area contributed by atoms with E-state index in [1.165, 1.54) is 24.1 Å². The number of carbonyl (C=O) groups is 1. The normalized spacial score (nSPS) is 10.4. The van der Waals surface area contributed by atoms with E-state index < -0.39 is 17.5 Å². The first-order valence-electron chi connectivity index (χ1n) is 6.16. The average molecular weight is 292 g/mol. The fraction of sp³-hybridized carbons (Fsp3) is 0.133. The van der Waals surface area contributed by atoms with Crippen LogP contribution in [-0.4, -0.2) is 23.0 Å². The molecule has 2 rings (SSSR count). The molecule has 21 heavy (non-hydrogen) atoms. The second kappa shape index (κ2) is 5.78. The number of nitrogens with two attached hydrogens (primary N) is 1. The van der Waals surface area contributed by atoms with Gasteiger partial charge in [-0.1, -0.05) is 12.1 Å². The van der Waals surface area contributed by atoms with Crippen molar-refractivity contribution in [3.8, 4) is 5.75 Å². The molecule has 3 N–H and O–H groups in total. The molecule has 0 atom stereocenters. The SMILES string of the molecule is CN(Cc1cccc(O)c1)C(=O)c1cc(F)c(F)cc1N. The maximum atomic E-state index is 13.2. The Morgan fingerprint density at radius 2 is 1.90 bits per heavy atom. The molecule has 2 aromatic carbocycles. The van der Waals surface area contributed by atoms with Crippen LogP contribution in [0, 0.1) is 11.6 Å². The number of hydrogen-bond donors (Lipinski definition) is 2. The van der Waals surface area contributed by atoms with E-state index >= 15 is 0 Å².